The Bertz CT molecular complexity index is 1160. The van der Waals surface area contributed by atoms with Gasteiger partial charge in [-0.1, -0.05) is 103 Å². The monoisotopic (exact) mass is 689 g/mol. The van der Waals surface area contributed by atoms with Gasteiger partial charge in [0.1, 0.15) is 18.3 Å². The van der Waals surface area contributed by atoms with Crippen LogP contribution in [0.4, 0.5) is 0 Å². The Morgan fingerprint density at radius 2 is 1.34 bits per heavy atom. The zero-order valence-corrected chi connectivity index (χ0v) is 29.1. The molecule has 0 aromatic carbocycles. The minimum Gasteiger partial charge on any atom is -0.389 e. The summed E-state index contributed by atoms with van der Waals surface area (Å²) >= 11 is 0. The van der Waals surface area contributed by atoms with E-state index in [1.54, 1.807) is 4.90 Å². The zero-order chi connectivity index (χ0) is 34.1. The molecule has 1 aromatic rings. The Morgan fingerprint density at radius 3 is 1.87 bits per heavy atom. The number of nitrogens with zero attached hydrogens (tertiary/aromatic N) is 2. The topological polar surface area (TPSA) is 184 Å². The van der Waals surface area contributed by atoms with Crippen LogP contribution < -0.4 is 11.2 Å². The third kappa shape index (κ3) is 14.2. The highest BCUT2D eigenvalue weighted by Crippen LogP contribution is 2.49. The molecular weight excluding hydrogens is 629 g/mol. The Morgan fingerprint density at radius 1 is 0.809 bits per heavy atom. The fourth-order valence-corrected chi connectivity index (χ4v) is 7.87. The van der Waals surface area contributed by atoms with Gasteiger partial charge in [0.15, 0.2) is 6.23 Å². The summed E-state index contributed by atoms with van der Waals surface area (Å²) in [5.74, 6) is 0. The van der Waals surface area contributed by atoms with Gasteiger partial charge in [0.2, 0.25) is 0 Å². The summed E-state index contributed by atoms with van der Waals surface area (Å²) in [5, 5.41) is 40.9. The van der Waals surface area contributed by atoms with E-state index >= 15 is 0 Å². The fourth-order valence-electron chi connectivity index (χ4n) is 6.22. The Hall–Kier alpha value is -1.41. The second-order valence-corrected chi connectivity index (χ2v) is 15.4. The normalized spacial score (nSPS) is 26.2. The molecule has 0 amide bonds. The minimum atomic E-state index is -3.70. The first-order valence-electron chi connectivity index (χ1n) is 17.9. The molecule has 3 heterocycles. The van der Waals surface area contributed by atoms with Gasteiger partial charge in [-0.2, -0.15) is 0 Å². The number of aromatic nitrogens is 2. The lowest BCUT2D eigenvalue weighted by Gasteiger charge is -2.24. The number of aromatic amines is 1. The van der Waals surface area contributed by atoms with Crippen molar-refractivity contribution in [2.45, 2.75) is 146 Å². The van der Waals surface area contributed by atoms with Crippen LogP contribution in [0, 0.1) is 0 Å². The van der Waals surface area contributed by atoms with Crippen LogP contribution in [-0.4, -0.2) is 104 Å². The number of hydrogen-bond acceptors (Lipinski definition) is 11. The highest BCUT2D eigenvalue weighted by Gasteiger charge is 2.45. The van der Waals surface area contributed by atoms with Gasteiger partial charge in [-0.05, 0) is 6.42 Å². The molecule has 14 heteroatoms. The number of unbranched alkanes of at least 4 members (excludes halogenated alkanes) is 15. The van der Waals surface area contributed by atoms with E-state index < -0.39 is 55.6 Å². The minimum absolute atomic E-state index is 0.000521. The SMILES string of the molecule is CCCCCCCCCCCCCCCCCCOP(=O)(CCN1C[C@@H](O)[C@H](O)C1)OCC1OC(n2ccc(=O)[nH]c2=O)[C@H](O)[C@@H]1O. The highest BCUT2D eigenvalue weighted by molar-refractivity contribution is 7.53. The van der Waals surface area contributed by atoms with E-state index in [0.717, 1.165) is 36.1 Å². The van der Waals surface area contributed by atoms with Crippen molar-refractivity contribution in [3.63, 3.8) is 0 Å². The summed E-state index contributed by atoms with van der Waals surface area (Å²) in [7, 11) is -3.70. The number of hydrogen-bond donors (Lipinski definition) is 5. The van der Waals surface area contributed by atoms with E-state index in [2.05, 4.69) is 11.9 Å². The van der Waals surface area contributed by atoms with Crippen molar-refractivity contribution in [1.29, 1.82) is 0 Å². The number of nitrogens with one attached hydrogen (secondary N) is 1. The summed E-state index contributed by atoms with van der Waals surface area (Å²) in [6.45, 7) is 2.86. The maximum Gasteiger partial charge on any atom is 0.332 e. The Balaban J connectivity index is 1.36. The van der Waals surface area contributed by atoms with Crippen LogP contribution >= 0.6 is 7.60 Å². The molecule has 2 aliphatic rings. The van der Waals surface area contributed by atoms with E-state index in [-0.39, 0.29) is 39.0 Å². The largest absolute Gasteiger partial charge is 0.389 e. The number of β-amino-alcohol motifs (C(OH)–C–C–N with tert-alkyl or cyclic N) is 2. The van der Waals surface area contributed by atoms with Gasteiger partial charge < -0.3 is 34.2 Å². The second-order valence-electron chi connectivity index (χ2n) is 13.2. The van der Waals surface area contributed by atoms with Crippen molar-refractivity contribution >= 4 is 7.60 Å². The van der Waals surface area contributed by atoms with E-state index in [4.69, 9.17) is 13.8 Å². The Labute approximate surface area is 279 Å². The third-order valence-electron chi connectivity index (χ3n) is 9.21. The fraction of sp³-hybridized carbons (Fsp3) is 0.879. The predicted molar refractivity (Wildman–Crippen MR) is 180 cm³/mol. The molecule has 2 fully saturated rings. The zero-order valence-electron chi connectivity index (χ0n) is 28.3. The number of aliphatic hydroxyl groups is 4. The maximum atomic E-state index is 13.8. The molecule has 2 saturated heterocycles. The number of rotatable bonds is 25. The standard InChI is InChI=1S/C33H60N3O10P/c1-2-3-4-5-6-7-8-9-10-11-12-13-14-15-16-17-21-44-47(43,22-20-35-23-26(37)27(38)24-35)45-25-28-30(40)31(41)32(46-28)36-19-18-29(39)34-33(36)42/h18-19,26-28,30-32,37-38,40-41H,2-17,20-25H2,1H3,(H,34,39,42)/t26-,27-,28?,30-,31-,32?,47?/m1/s1. The molecule has 2 aliphatic heterocycles. The number of ether oxygens (including phenoxy) is 1. The molecule has 13 nitrogen and oxygen atoms in total. The molecule has 0 saturated carbocycles. The summed E-state index contributed by atoms with van der Waals surface area (Å²) in [6.07, 6.45) is 13.9. The molecule has 3 rings (SSSR count). The summed E-state index contributed by atoms with van der Waals surface area (Å²) in [5.41, 5.74) is -1.42. The lowest BCUT2D eigenvalue weighted by atomic mass is 10.0. The predicted octanol–water partition coefficient (Wildman–Crippen LogP) is 3.68. The average Bonchev–Trinajstić information content (AvgIpc) is 3.52. The molecule has 1 aromatic heterocycles. The first-order valence-corrected chi connectivity index (χ1v) is 19.7. The molecule has 272 valence electrons. The van der Waals surface area contributed by atoms with Crippen LogP contribution in [0.25, 0.3) is 0 Å². The molecule has 7 atom stereocenters. The van der Waals surface area contributed by atoms with E-state index in [1.165, 1.54) is 77.0 Å². The van der Waals surface area contributed by atoms with Gasteiger partial charge in [0.25, 0.3) is 5.56 Å². The quantitative estimate of drug-likeness (QED) is 0.0746. The highest BCUT2D eigenvalue weighted by atomic mass is 31.2. The first-order chi connectivity index (χ1) is 22.6. The van der Waals surface area contributed by atoms with Crippen LogP contribution in [0.3, 0.4) is 0 Å². The Kier molecular flexibility index (Phi) is 18.4. The summed E-state index contributed by atoms with van der Waals surface area (Å²) in [4.78, 5) is 27.5. The molecule has 0 spiro atoms. The van der Waals surface area contributed by atoms with Crippen LogP contribution in [0.1, 0.15) is 116 Å². The number of aliphatic hydroxyl groups excluding tert-OH is 4. The molecule has 0 aliphatic carbocycles. The van der Waals surface area contributed by atoms with E-state index in [1.807, 2.05) is 0 Å². The van der Waals surface area contributed by atoms with Gasteiger partial charge in [0, 0.05) is 31.9 Å². The van der Waals surface area contributed by atoms with Gasteiger partial charge in [-0.25, -0.2) is 4.79 Å². The van der Waals surface area contributed by atoms with Gasteiger partial charge >= 0.3 is 13.3 Å². The second kappa shape index (κ2) is 21.6. The van der Waals surface area contributed by atoms with Gasteiger partial charge in [0.05, 0.1) is 31.6 Å². The van der Waals surface area contributed by atoms with E-state index in [9.17, 15) is 34.6 Å². The van der Waals surface area contributed by atoms with Crippen molar-refractivity contribution < 1.29 is 38.8 Å². The summed E-state index contributed by atoms with van der Waals surface area (Å²) in [6, 6.07) is 1.10. The molecule has 0 radical (unpaired) electrons. The van der Waals surface area contributed by atoms with Crippen LogP contribution in [0.5, 0.6) is 0 Å². The smallest absolute Gasteiger partial charge is 0.332 e. The molecule has 47 heavy (non-hydrogen) atoms. The lowest BCUT2D eigenvalue weighted by Crippen LogP contribution is -2.37. The van der Waals surface area contributed by atoms with Crippen molar-refractivity contribution in [2.75, 3.05) is 39.0 Å². The summed E-state index contributed by atoms with van der Waals surface area (Å²) < 4.78 is 32.0. The first kappa shape index (κ1) is 40.0. The molecule has 5 N–H and O–H groups in total. The third-order valence-corrected chi connectivity index (χ3v) is 11.1. The van der Waals surface area contributed by atoms with Crippen LogP contribution in [0.15, 0.2) is 21.9 Å². The molecule has 3 unspecified atom stereocenters. The van der Waals surface area contributed by atoms with Crippen molar-refractivity contribution in [3.8, 4) is 0 Å². The van der Waals surface area contributed by atoms with Crippen LogP contribution in [0.2, 0.25) is 0 Å². The average molecular weight is 690 g/mol. The van der Waals surface area contributed by atoms with Gasteiger partial charge in [-0.3, -0.25) is 23.8 Å². The van der Waals surface area contributed by atoms with Crippen molar-refractivity contribution in [2.24, 2.45) is 0 Å². The van der Waals surface area contributed by atoms with Gasteiger partial charge in [-0.15, -0.1) is 0 Å². The lowest BCUT2D eigenvalue weighted by molar-refractivity contribution is -0.0531. The van der Waals surface area contributed by atoms with Crippen molar-refractivity contribution in [3.05, 3.63) is 33.1 Å². The van der Waals surface area contributed by atoms with Crippen LogP contribution in [-0.2, 0) is 18.3 Å². The van der Waals surface area contributed by atoms with E-state index in [0.29, 0.717) is 6.42 Å². The number of likely N-dealkylation sites (tertiary alicyclic amines) is 1. The molecule has 0 bridgehead atoms. The maximum absolute atomic E-state index is 13.8. The number of H-pyrrole nitrogens is 1. The van der Waals surface area contributed by atoms with Crippen molar-refractivity contribution in [1.82, 2.24) is 14.5 Å². The molecular formula is C33H60N3O10P.